The quantitative estimate of drug-likeness (QED) is 0.295. The molecule has 0 saturated carbocycles. The van der Waals surface area contributed by atoms with Crippen molar-refractivity contribution in [1.82, 2.24) is 0 Å². The predicted octanol–water partition coefficient (Wildman–Crippen LogP) is 5.81. The number of benzene rings is 3. The van der Waals surface area contributed by atoms with E-state index in [4.69, 9.17) is 13.8 Å². The Balaban J connectivity index is 1.88. The van der Waals surface area contributed by atoms with Crippen LogP contribution in [0.3, 0.4) is 0 Å². The molecule has 0 amide bonds. The van der Waals surface area contributed by atoms with E-state index in [2.05, 4.69) is 0 Å². The van der Waals surface area contributed by atoms with Crippen molar-refractivity contribution >= 4 is 13.6 Å². The molecule has 0 fully saturated rings. The van der Waals surface area contributed by atoms with Crippen molar-refractivity contribution in [3.05, 3.63) is 108 Å². The van der Waals surface area contributed by atoms with Crippen LogP contribution in [0.15, 0.2) is 91.0 Å². The zero-order chi connectivity index (χ0) is 22.1. The number of rotatable bonds is 10. The molecule has 0 aromatic heterocycles. The molecule has 6 heteroatoms. The first kappa shape index (κ1) is 23.0. The fourth-order valence-electron chi connectivity index (χ4n) is 3.48. The summed E-state index contributed by atoms with van der Waals surface area (Å²) in [5, 5.41) is 0. The van der Waals surface area contributed by atoms with Crippen LogP contribution in [-0.4, -0.2) is 26.0 Å². The molecule has 0 aliphatic carbocycles. The van der Waals surface area contributed by atoms with E-state index in [9.17, 15) is 9.36 Å². The number of carbonyl (C=O) groups is 1. The Morgan fingerprint density at radius 3 is 1.68 bits per heavy atom. The fraction of sp³-hybridized carbons (Fsp3) is 0.240. The minimum Gasteiger partial charge on any atom is -0.449 e. The maximum absolute atomic E-state index is 13.4. The first-order valence-corrected chi connectivity index (χ1v) is 11.7. The third-order valence-electron chi connectivity index (χ3n) is 5.14. The molecule has 0 aliphatic heterocycles. The second kappa shape index (κ2) is 11.1. The lowest BCUT2D eigenvalue weighted by Gasteiger charge is -2.26. The summed E-state index contributed by atoms with van der Waals surface area (Å²) in [6.45, 7) is 0. The number of carbonyl (C=O) groups excluding carboxylic acids is 1. The lowest BCUT2D eigenvalue weighted by Crippen LogP contribution is -2.25. The molecule has 0 unspecified atom stereocenters. The standard InChI is InChI=1S/C25H27O5P/c1-28-31(27,29-2)23(19-18-20-12-6-3-7-13-20)30-25(26)24(21-14-8-4-9-15-21)22-16-10-5-11-17-22/h3-17,23-24H,18-19H2,1-2H3/t23-/m0/s1. The molecule has 0 saturated heterocycles. The molecule has 0 N–H and O–H groups in total. The number of hydrogen-bond donors (Lipinski definition) is 0. The molecule has 0 bridgehead atoms. The third-order valence-corrected chi connectivity index (χ3v) is 7.23. The van der Waals surface area contributed by atoms with Gasteiger partial charge in [0, 0.05) is 20.6 Å². The molecule has 1 atom stereocenters. The van der Waals surface area contributed by atoms with Crippen molar-refractivity contribution < 1.29 is 23.1 Å². The highest BCUT2D eigenvalue weighted by molar-refractivity contribution is 7.54. The Labute approximate surface area is 183 Å². The number of esters is 1. The van der Waals surface area contributed by atoms with Gasteiger partial charge in [-0.3, -0.25) is 9.36 Å². The van der Waals surface area contributed by atoms with Crippen LogP contribution in [0.1, 0.15) is 29.0 Å². The summed E-state index contributed by atoms with van der Waals surface area (Å²) >= 11 is 0. The SMILES string of the molecule is COP(=O)(OC)[C@@H](CCc1ccccc1)OC(=O)C(c1ccccc1)c1ccccc1. The van der Waals surface area contributed by atoms with Crippen molar-refractivity contribution in [3.8, 4) is 0 Å². The van der Waals surface area contributed by atoms with Gasteiger partial charge in [-0.1, -0.05) is 91.0 Å². The highest BCUT2D eigenvalue weighted by Crippen LogP contribution is 2.54. The molecule has 3 aromatic rings. The van der Waals surface area contributed by atoms with Crippen molar-refractivity contribution in [2.75, 3.05) is 14.2 Å². The van der Waals surface area contributed by atoms with Crippen molar-refractivity contribution in [2.24, 2.45) is 0 Å². The van der Waals surface area contributed by atoms with E-state index in [1.165, 1.54) is 14.2 Å². The summed E-state index contributed by atoms with van der Waals surface area (Å²) in [5.41, 5.74) is 2.64. The molecular weight excluding hydrogens is 411 g/mol. The summed E-state index contributed by atoms with van der Waals surface area (Å²) in [4.78, 5) is 13.4. The highest BCUT2D eigenvalue weighted by atomic mass is 31.2. The Bertz CT molecular complexity index is 945. The summed E-state index contributed by atoms with van der Waals surface area (Å²) in [6.07, 6.45) is 0.877. The lowest BCUT2D eigenvalue weighted by atomic mass is 9.91. The number of aryl methyl sites for hydroxylation is 1. The van der Waals surface area contributed by atoms with E-state index in [1.807, 2.05) is 91.0 Å². The van der Waals surface area contributed by atoms with Gasteiger partial charge in [-0.2, -0.15) is 0 Å². The van der Waals surface area contributed by atoms with Gasteiger partial charge in [-0.25, -0.2) is 0 Å². The van der Waals surface area contributed by atoms with E-state index in [0.29, 0.717) is 12.8 Å². The first-order chi connectivity index (χ1) is 15.1. The van der Waals surface area contributed by atoms with Gasteiger partial charge < -0.3 is 13.8 Å². The Morgan fingerprint density at radius 2 is 1.23 bits per heavy atom. The largest absolute Gasteiger partial charge is 0.449 e. The molecule has 162 valence electrons. The molecule has 0 heterocycles. The molecular formula is C25H27O5P. The lowest BCUT2D eigenvalue weighted by molar-refractivity contribution is -0.147. The smallest absolute Gasteiger partial charge is 0.370 e. The molecule has 31 heavy (non-hydrogen) atoms. The van der Waals surface area contributed by atoms with Crippen LogP contribution in [0.4, 0.5) is 0 Å². The first-order valence-electron chi connectivity index (χ1n) is 10.1. The number of ether oxygens (including phenoxy) is 1. The molecule has 0 spiro atoms. The average Bonchev–Trinajstić information content (AvgIpc) is 2.83. The normalized spacial score (nSPS) is 12.5. The van der Waals surface area contributed by atoms with Crippen LogP contribution < -0.4 is 0 Å². The van der Waals surface area contributed by atoms with Gasteiger partial charge in [0.15, 0.2) is 0 Å². The molecule has 0 radical (unpaired) electrons. The van der Waals surface area contributed by atoms with Crippen molar-refractivity contribution in [1.29, 1.82) is 0 Å². The van der Waals surface area contributed by atoms with Crippen molar-refractivity contribution in [2.45, 2.75) is 24.6 Å². The zero-order valence-corrected chi connectivity index (χ0v) is 18.6. The molecule has 0 aliphatic rings. The van der Waals surface area contributed by atoms with Crippen LogP contribution in [-0.2, 0) is 29.6 Å². The van der Waals surface area contributed by atoms with E-state index in [0.717, 1.165) is 16.7 Å². The van der Waals surface area contributed by atoms with Crippen LogP contribution in [0.25, 0.3) is 0 Å². The predicted molar refractivity (Wildman–Crippen MR) is 121 cm³/mol. The van der Waals surface area contributed by atoms with Gasteiger partial charge in [0.05, 0.1) is 0 Å². The third kappa shape index (κ3) is 5.92. The maximum Gasteiger partial charge on any atom is 0.370 e. The van der Waals surface area contributed by atoms with Gasteiger partial charge in [-0.15, -0.1) is 0 Å². The molecule has 3 aromatic carbocycles. The second-order valence-electron chi connectivity index (χ2n) is 7.08. The van der Waals surface area contributed by atoms with Crippen LogP contribution in [0.5, 0.6) is 0 Å². The average molecular weight is 438 g/mol. The van der Waals surface area contributed by atoms with E-state index < -0.39 is 25.3 Å². The van der Waals surface area contributed by atoms with Crippen LogP contribution in [0, 0.1) is 0 Å². The zero-order valence-electron chi connectivity index (χ0n) is 17.7. The minimum atomic E-state index is -3.65. The van der Waals surface area contributed by atoms with Crippen LogP contribution in [0.2, 0.25) is 0 Å². The monoisotopic (exact) mass is 438 g/mol. The van der Waals surface area contributed by atoms with Gasteiger partial charge in [0.25, 0.3) is 0 Å². The Morgan fingerprint density at radius 1 is 0.774 bits per heavy atom. The summed E-state index contributed by atoms with van der Waals surface area (Å²) in [6, 6.07) is 28.5. The topological polar surface area (TPSA) is 61.8 Å². The van der Waals surface area contributed by atoms with Gasteiger partial charge in [0.1, 0.15) is 5.92 Å². The maximum atomic E-state index is 13.4. The summed E-state index contributed by atoms with van der Waals surface area (Å²) < 4.78 is 29.4. The van der Waals surface area contributed by atoms with Crippen LogP contribution >= 0.6 is 7.60 Å². The second-order valence-corrected chi connectivity index (χ2v) is 9.46. The molecule has 5 nitrogen and oxygen atoms in total. The van der Waals surface area contributed by atoms with E-state index in [1.54, 1.807) is 0 Å². The minimum absolute atomic E-state index is 0.311. The Kier molecular flexibility index (Phi) is 8.19. The summed E-state index contributed by atoms with van der Waals surface area (Å²) in [7, 11) is -1.04. The van der Waals surface area contributed by atoms with Crippen molar-refractivity contribution in [3.63, 3.8) is 0 Å². The Hall–Kier alpha value is -2.72. The number of hydrogen-bond acceptors (Lipinski definition) is 5. The van der Waals surface area contributed by atoms with E-state index in [-0.39, 0.29) is 0 Å². The summed E-state index contributed by atoms with van der Waals surface area (Å²) in [5.74, 6) is -2.17. The fourth-order valence-corrected chi connectivity index (χ4v) is 4.78. The van der Waals surface area contributed by atoms with Gasteiger partial charge >= 0.3 is 13.6 Å². The molecule has 3 rings (SSSR count). The van der Waals surface area contributed by atoms with Gasteiger partial charge in [0.2, 0.25) is 5.85 Å². The van der Waals surface area contributed by atoms with Gasteiger partial charge in [-0.05, 0) is 23.1 Å². The highest BCUT2D eigenvalue weighted by Gasteiger charge is 2.39. The van der Waals surface area contributed by atoms with E-state index >= 15 is 0 Å².